The lowest BCUT2D eigenvalue weighted by atomic mass is 10.2. The molecule has 152 valence electrons. The summed E-state index contributed by atoms with van der Waals surface area (Å²) in [7, 11) is 1.96. The number of aryl methyl sites for hydroxylation is 2. The van der Waals surface area contributed by atoms with Gasteiger partial charge in [-0.2, -0.15) is 0 Å². The average Bonchev–Trinajstić information content (AvgIpc) is 3.06. The molecule has 0 aliphatic carbocycles. The van der Waals surface area contributed by atoms with Crippen molar-refractivity contribution in [3.05, 3.63) is 65.5 Å². The Morgan fingerprint density at radius 3 is 2.28 bits per heavy atom. The summed E-state index contributed by atoms with van der Waals surface area (Å²) in [5.41, 5.74) is 3.23. The molecule has 1 unspecified atom stereocenters. The van der Waals surface area contributed by atoms with Gasteiger partial charge in [0, 0.05) is 17.6 Å². The van der Waals surface area contributed by atoms with Crippen molar-refractivity contribution < 1.29 is 4.79 Å². The van der Waals surface area contributed by atoms with Crippen molar-refractivity contribution in [2.75, 3.05) is 5.32 Å². The van der Waals surface area contributed by atoms with Gasteiger partial charge in [0.1, 0.15) is 5.82 Å². The molecule has 7 heteroatoms. The topological polar surface area (TPSA) is 59.8 Å². The van der Waals surface area contributed by atoms with Crippen LogP contribution >= 0.6 is 23.5 Å². The Hall–Kier alpha value is -2.25. The first-order valence-electron chi connectivity index (χ1n) is 9.58. The summed E-state index contributed by atoms with van der Waals surface area (Å²) in [6.07, 6.45) is 0.711. The molecule has 3 rings (SSSR count). The molecule has 1 amide bonds. The quantitative estimate of drug-likeness (QED) is 0.500. The van der Waals surface area contributed by atoms with Crippen molar-refractivity contribution >= 4 is 35.1 Å². The molecule has 1 aromatic heterocycles. The van der Waals surface area contributed by atoms with E-state index in [9.17, 15) is 4.79 Å². The van der Waals surface area contributed by atoms with E-state index < -0.39 is 0 Å². The van der Waals surface area contributed by atoms with E-state index in [1.807, 2.05) is 49.7 Å². The van der Waals surface area contributed by atoms with E-state index in [1.54, 1.807) is 11.8 Å². The number of hydrogen-bond donors (Lipinski definition) is 1. The number of benzene rings is 2. The van der Waals surface area contributed by atoms with Crippen molar-refractivity contribution in [2.45, 2.75) is 48.2 Å². The van der Waals surface area contributed by atoms with E-state index in [-0.39, 0.29) is 11.2 Å². The van der Waals surface area contributed by atoms with Gasteiger partial charge in [-0.15, -0.1) is 22.0 Å². The number of hydrogen-bond acceptors (Lipinski definition) is 5. The fraction of sp³-hybridized carbons (Fsp3) is 0.318. The predicted octanol–water partition coefficient (Wildman–Crippen LogP) is 5.23. The standard InChI is InChI=1S/C22H26N4OS2/c1-5-19(21(27)23-17-10-6-15(2)7-11-17)29-22-25-24-20(26(22)4)14-28-18-12-8-16(3)9-13-18/h6-13,19H,5,14H2,1-4H3,(H,23,27). The summed E-state index contributed by atoms with van der Waals surface area (Å²) >= 11 is 3.19. The molecule has 1 heterocycles. The molecule has 0 fully saturated rings. The van der Waals surface area contributed by atoms with Crippen LogP contribution in [0.5, 0.6) is 0 Å². The highest BCUT2D eigenvalue weighted by atomic mass is 32.2. The Bertz CT molecular complexity index is 952. The van der Waals surface area contributed by atoms with Gasteiger partial charge in [-0.3, -0.25) is 4.79 Å². The number of amides is 1. The second-order valence-electron chi connectivity index (χ2n) is 6.93. The molecule has 0 radical (unpaired) electrons. The van der Waals surface area contributed by atoms with Gasteiger partial charge in [-0.1, -0.05) is 54.1 Å². The van der Waals surface area contributed by atoms with Crippen LogP contribution in [0.1, 0.15) is 30.3 Å². The van der Waals surface area contributed by atoms with Crippen LogP contribution in [-0.4, -0.2) is 25.9 Å². The van der Waals surface area contributed by atoms with Crippen LogP contribution in [0.15, 0.2) is 58.6 Å². The minimum atomic E-state index is -0.225. The second-order valence-corrected chi connectivity index (χ2v) is 9.15. The van der Waals surface area contributed by atoms with Crippen molar-refractivity contribution in [3.8, 4) is 0 Å². The average molecular weight is 427 g/mol. The van der Waals surface area contributed by atoms with E-state index in [0.717, 1.165) is 22.4 Å². The number of carbonyl (C=O) groups excluding carboxylic acids is 1. The summed E-state index contributed by atoms with van der Waals surface area (Å²) in [5.74, 6) is 1.62. The lowest BCUT2D eigenvalue weighted by molar-refractivity contribution is -0.115. The van der Waals surface area contributed by atoms with E-state index in [0.29, 0.717) is 6.42 Å². The minimum Gasteiger partial charge on any atom is -0.325 e. The monoisotopic (exact) mass is 426 g/mol. The molecule has 2 aromatic carbocycles. The van der Waals surface area contributed by atoms with Crippen molar-refractivity contribution in [1.82, 2.24) is 14.8 Å². The Morgan fingerprint density at radius 1 is 1.03 bits per heavy atom. The third-order valence-corrected chi connectivity index (χ3v) is 6.95. The largest absolute Gasteiger partial charge is 0.325 e. The predicted molar refractivity (Wildman–Crippen MR) is 121 cm³/mol. The van der Waals surface area contributed by atoms with Gasteiger partial charge >= 0.3 is 0 Å². The summed E-state index contributed by atoms with van der Waals surface area (Å²) in [6, 6.07) is 16.3. The SMILES string of the molecule is CCC(Sc1nnc(CSc2ccc(C)cc2)n1C)C(=O)Nc1ccc(C)cc1. The maximum atomic E-state index is 12.7. The Kier molecular flexibility index (Phi) is 7.39. The maximum absolute atomic E-state index is 12.7. The molecular weight excluding hydrogens is 400 g/mol. The smallest absolute Gasteiger partial charge is 0.237 e. The summed E-state index contributed by atoms with van der Waals surface area (Å²) < 4.78 is 1.98. The van der Waals surface area contributed by atoms with Crippen LogP contribution < -0.4 is 5.32 Å². The first-order chi connectivity index (χ1) is 14.0. The number of anilines is 1. The Morgan fingerprint density at radius 2 is 1.66 bits per heavy atom. The van der Waals surface area contributed by atoms with Crippen LogP contribution in [-0.2, 0) is 17.6 Å². The number of carbonyl (C=O) groups is 1. The molecule has 29 heavy (non-hydrogen) atoms. The molecule has 0 bridgehead atoms. The van der Waals surface area contributed by atoms with Crippen molar-refractivity contribution in [3.63, 3.8) is 0 Å². The summed E-state index contributed by atoms with van der Waals surface area (Å²) in [5, 5.41) is 12.2. The number of rotatable bonds is 8. The van der Waals surface area contributed by atoms with Gasteiger partial charge in [0.2, 0.25) is 5.91 Å². The lowest BCUT2D eigenvalue weighted by Crippen LogP contribution is -2.25. The number of thioether (sulfide) groups is 2. The van der Waals surface area contributed by atoms with Crippen LogP contribution in [0.3, 0.4) is 0 Å². The first-order valence-corrected chi connectivity index (χ1v) is 11.4. The van der Waals surface area contributed by atoms with E-state index in [1.165, 1.54) is 27.8 Å². The van der Waals surface area contributed by atoms with Crippen molar-refractivity contribution in [1.29, 1.82) is 0 Å². The maximum Gasteiger partial charge on any atom is 0.237 e. The Labute approximate surface area is 180 Å². The van der Waals surface area contributed by atoms with Crippen LogP contribution in [0.2, 0.25) is 0 Å². The van der Waals surface area contributed by atoms with Gasteiger partial charge in [0.25, 0.3) is 0 Å². The fourth-order valence-electron chi connectivity index (χ4n) is 2.66. The number of nitrogens with one attached hydrogen (secondary N) is 1. The zero-order chi connectivity index (χ0) is 20.8. The van der Waals surface area contributed by atoms with Gasteiger partial charge in [-0.05, 0) is 44.5 Å². The highest BCUT2D eigenvalue weighted by molar-refractivity contribution is 8.00. The molecule has 5 nitrogen and oxygen atoms in total. The molecule has 0 aliphatic rings. The van der Waals surface area contributed by atoms with E-state index >= 15 is 0 Å². The highest BCUT2D eigenvalue weighted by Crippen LogP contribution is 2.28. The second kappa shape index (κ2) is 9.98. The summed E-state index contributed by atoms with van der Waals surface area (Å²) in [6.45, 7) is 6.12. The molecule has 1 N–H and O–H groups in total. The van der Waals surface area contributed by atoms with Crippen molar-refractivity contribution in [2.24, 2.45) is 7.05 Å². The molecular formula is C22H26N4OS2. The molecule has 0 saturated carbocycles. The van der Waals surface area contributed by atoms with Gasteiger partial charge < -0.3 is 9.88 Å². The minimum absolute atomic E-state index is 0.0140. The number of nitrogens with zero attached hydrogens (tertiary/aromatic N) is 3. The van der Waals surface area contributed by atoms with Gasteiger partial charge in [0.15, 0.2) is 5.16 Å². The fourth-order valence-corrected chi connectivity index (χ4v) is 4.48. The molecule has 0 saturated heterocycles. The van der Waals surface area contributed by atoms with Gasteiger partial charge in [0.05, 0.1) is 11.0 Å². The molecule has 3 aromatic rings. The third kappa shape index (κ3) is 5.87. The normalized spacial score (nSPS) is 12.0. The third-order valence-electron chi connectivity index (χ3n) is 4.54. The lowest BCUT2D eigenvalue weighted by Gasteiger charge is -2.14. The Balaban J connectivity index is 1.61. The number of aromatic nitrogens is 3. The molecule has 0 aliphatic heterocycles. The van der Waals surface area contributed by atoms with E-state index in [4.69, 9.17) is 0 Å². The van der Waals surface area contributed by atoms with E-state index in [2.05, 4.69) is 46.7 Å². The van der Waals surface area contributed by atoms with Crippen LogP contribution in [0.25, 0.3) is 0 Å². The first kappa shape index (κ1) is 21.5. The zero-order valence-corrected chi connectivity index (χ0v) is 18.8. The van der Waals surface area contributed by atoms with Crippen LogP contribution in [0.4, 0.5) is 5.69 Å². The molecule has 1 atom stereocenters. The van der Waals surface area contributed by atoms with Crippen LogP contribution in [0, 0.1) is 13.8 Å². The molecule has 0 spiro atoms. The van der Waals surface area contributed by atoms with Gasteiger partial charge in [-0.25, -0.2) is 0 Å². The summed E-state index contributed by atoms with van der Waals surface area (Å²) in [4.78, 5) is 13.9. The zero-order valence-electron chi connectivity index (χ0n) is 17.2. The highest BCUT2D eigenvalue weighted by Gasteiger charge is 2.21.